The first-order valence-electron chi connectivity index (χ1n) is 7.78. The molecule has 7 heteroatoms. The van der Waals surface area contributed by atoms with Crippen molar-refractivity contribution in [2.75, 3.05) is 13.1 Å². The highest BCUT2D eigenvalue weighted by molar-refractivity contribution is 5.92. The van der Waals surface area contributed by atoms with Gasteiger partial charge in [-0.1, -0.05) is 0 Å². The molecule has 3 rings (SSSR count). The van der Waals surface area contributed by atoms with Crippen LogP contribution in [-0.4, -0.2) is 44.9 Å². The third-order valence-electron chi connectivity index (χ3n) is 4.26. The molecule has 0 bridgehead atoms. The minimum absolute atomic E-state index is 0.0699. The Labute approximate surface area is 134 Å². The Hall–Kier alpha value is -2.28. The molecule has 0 spiro atoms. The number of piperidine rings is 1. The molecule has 2 N–H and O–H groups in total. The Morgan fingerprint density at radius 1 is 1.39 bits per heavy atom. The van der Waals surface area contributed by atoms with E-state index in [0.717, 1.165) is 12.8 Å². The molecule has 23 heavy (non-hydrogen) atoms. The van der Waals surface area contributed by atoms with E-state index in [1.54, 1.807) is 17.0 Å². The van der Waals surface area contributed by atoms with Gasteiger partial charge in [-0.25, -0.2) is 4.39 Å². The third-order valence-corrected chi connectivity index (χ3v) is 4.26. The lowest BCUT2D eigenvalue weighted by molar-refractivity contribution is 0.0654. The molecule has 2 atom stereocenters. The van der Waals surface area contributed by atoms with Crippen LogP contribution in [0.5, 0.6) is 0 Å². The molecule has 1 aliphatic heterocycles. The van der Waals surface area contributed by atoms with Gasteiger partial charge in [-0.3, -0.25) is 4.79 Å². The summed E-state index contributed by atoms with van der Waals surface area (Å²) in [6.07, 6.45) is 3.44. The Morgan fingerprint density at radius 2 is 2.13 bits per heavy atom. The van der Waals surface area contributed by atoms with E-state index in [-0.39, 0.29) is 17.8 Å². The summed E-state index contributed by atoms with van der Waals surface area (Å²) in [5, 5.41) is 8.31. The summed E-state index contributed by atoms with van der Waals surface area (Å²) in [6, 6.07) is 5.86. The molecular formula is C16H20FN5O. The molecule has 122 valence electrons. The van der Waals surface area contributed by atoms with Gasteiger partial charge in [0.15, 0.2) is 5.69 Å². The Morgan fingerprint density at radius 3 is 2.83 bits per heavy atom. The number of rotatable bonds is 3. The molecule has 0 radical (unpaired) electrons. The highest BCUT2D eigenvalue weighted by Crippen LogP contribution is 2.20. The number of carbonyl (C=O) groups is 1. The predicted molar refractivity (Wildman–Crippen MR) is 83.6 cm³/mol. The lowest BCUT2D eigenvalue weighted by Crippen LogP contribution is -2.45. The number of hydrogen-bond acceptors (Lipinski definition) is 4. The Bertz CT molecular complexity index is 682. The van der Waals surface area contributed by atoms with Gasteiger partial charge in [0.25, 0.3) is 5.91 Å². The molecule has 0 unspecified atom stereocenters. The van der Waals surface area contributed by atoms with Gasteiger partial charge >= 0.3 is 0 Å². The van der Waals surface area contributed by atoms with Crippen LogP contribution < -0.4 is 5.73 Å². The van der Waals surface area contributed by atoms with Crippen LogP contribution in [0.25, 0.3) is 5.69 Å². The maximum Gasteiger partial charge on any atom is 0.276 e. The molecule has 1 amide bonds. The van der Waals surface area contributed by atoms with E-state index in [1.807, 2.05) is 6.92 Å². The second-order valence-corrected chi connectivity index (χ2v) is 6.01. The molecule has 1 aromatic heterocycles. The molecular weight excluding hydrogens is 297 g/mol. The first-order valence-corrected chi connectivity index (χ1v) is 7.78. The fourth-order valence-corrected chi connectivity index (χ4v) is 2.85. The first-order chi connectivity index (χ1) is 11.0. The lowest BCUT2D eigenvalue weighted by Gasteiger charge is -2.34. The minimum atomic E-state index is -0.326. The van der Waals surface area contributed by atoms with E-state index in [4.69, 9.17) is 5.73 Å². The van der Waals surface area contributed by atoms with Gasteiger partial charge in [-0.05, 0) is 49.9 Å². The van der Waals surface area contributed by atoms with Crippen molar-refractivity contribution in [1.29, 1.82) is 0 Å². The van der Waals surface area contributed by atoms with E-state index in [9.17, 15) is 9.18 Å². The van der Waals surface area contributed by atoms with Gasteiger partial charge in [0, 0.05) is 19.1 Å². The number of halogens is 1. The highest BCUT2D eigenvalue weighted by Gasteiger charge is 2.27. The van der Waals surface area contributed by atoms with Gasteiger partial charge in [0.2, 0.25) is 0 Å². The molecule has 2 heterocycles. The molecule has 1 aromatic carbocycles. The maximum atomic E-state index is 13.0. The Balaban J connectivity index is 1.74. The summed E-state index contributed by atoms with van der Waals surface area (Å²) in [5.74, 6) is -0.143. The zero-order valence-electron chi connectivity index (χ0n) is 13.0. The van der Waals surface area contributed by atoms with Crippen molar-refractivity contribution in [1.82, 2.24) is 19.9 Å². The van der Waals surface area contributed by atoms with Gasteiger partial charge in [-0.2, -0.15) is 9.90 Å². The molecule has 1 saturated heterocycles. The van der Waals surface area contributed by atoms with E-state index < -0.39 is 0 Å². The van der Waals surface area contributed by atoms with E-state index >= 15 is 0 Å². The molecule has 1 fully saturated rings. The van der Waals surface area contributed by atoms with Crippen LogP contribution in [0.4, 0.5) is 4.39 Å². The van der Waals surface area contributed by atoms with Gasteiger partial charge in [0.1, 0.15) is 5.82 Å². The molecule has 0 aliphatic carbocycles. The van der Waals surface area contributed by atoms with Crippen LogP contribution in [0.1, 0.15) is 30.3 Å². The van der Waals surface area contributed by atoms with Crippen molar-refractivity contribution in [3.8, 4) is 5.69 Å². The molecule has 1 aliphatic rings. The average Bonchev–Trinajstić information content (AvgIpc) is 3.05. The van der Waals surface area contributed by atoms with Crippen molar-refractivity contribution in [3.05, 3.63) is 42.0 Å². The lowest BCUT2D eigenvalue weighted by atomic mass is 9.92. The number of nitrogens with zero attached hydrogens (tertiary/aromatic N) is 4. The molecule has 2 aromatic rings. The van der Waals surface area contributed by atoms with E-state index in [2.05, 4.69) is 10.2 Å². The van der Waals surface area contributed by atoms with E-state index in [0.29, 0.717) is 30.4 Å². The number of likely N-dealkylation sites (tertiary alicyclic amines) is 1. The number of amides is 1. The van der Waals surface area contributed by atoms with Crippen molar-refractivity contribution >= 4 is 5.91 Å². The standard InChI is InChI=1S/C16H20FN5O/c1-11(18)12-3-2-8-21(10-12)16(23)15-9-19-22(20-15)14-6-4-13(17)5-7-14/h4-7,9,11-12H,2-3,8,10,18H2,1H3/t11-,12+/m1/s1. The number of nitrogens with two attached hydrogens (primary N) is 1. The van der Waals surface area contributed by atoms with E-state index in [1.165, 1.54) is 23.1 Å². The van der Waals surface area contributed by atoms with Gasteiger partial charge in [-0.15, -0.1) is 5.10 Å². The summed E-state index contributed by atoms with van der Waals surface area (Å²) in [4.78, 5) is 15.7. The topological polar surface area (TPSA) is 77.0 Å². The van der Waals surface area contributed by atoms with Crippen LogP contribution in [0.2, 0.25) is 0 Å². The predicted octanol–water partition coefficient (Wildman–Crippen LogP) is 1.61. The van der Waals surface area contributed by atoms with Crippen LogP contribution in [0, 0.1) is 11.7 Å². The largest absolute Gasteiger partial charge is 0.337 e. The van der Waals surface area contributed by atoms with Gasteiger partial charge < -0.3 is 10.6 Å². The smallest absolute Gasteiger partial charge is 0.276 e. The highest BCUT2D eigenvalue weighted by atomic mass is 19.1. The van der Waals surface area contributed by atoms with Gasteiger partial charge in [0.05, 0.1) is 11.9 Å². The van der Waals surface area contributed by atoms with Crippen molar-refractivity contribution < 1.29 is 9.18 Å². The number of benzene rings is 1. The zero-order chi connectivity index (χ0) is 16.4. The van der Waals surface area contributed by atoms with Crippen molar-refractivity contribution in [2.24, 2.45) is 11.7 Å². The van der Waals surface area contributed by atoms with Crippen molar-refractivity contribution in [2.45, 2.75) is 25.8 Å². The molecule has 6 nitrogen and oxygen atoms in total. The summed E-state index contributed by atoms with van der Waals surface area (Å²) >= 11 is 0. The number of aromatic nitrogens is 3. The van der Waals surface area contributed by atoms with Crippen LogP contribution >= 0.6 is 0 Å². The summed E-state index contributed by atoms with van der Waals surface area (Å²) in [6.45, 7) is 3.34. The van der Waals surface area contributed by atoms with Crippen molar-refractivity contribution in [3.63, 3.8) is 0 Å². The monoisotopic (exact) mass is 317 g/mol. The summed E-state index contributed by atoms with van der Waals surface area (Å²) in [7, 11) is 0. The number of carbonyl (C=O) groups excluding carboxylic acids is 1. The second-order valence-electron chi connectivity index (χ2n) is 6.01. The Kier molecular flexibility index (Phi) is 4.38. The van der Waals surface area contributed by atoms with Crippen LogP contribution in [-0.2, 0) is 0 Å². The zero-order valence-corrected chi connectivity index (χ0v) is 13.0. The van der Waals surface area contributed by atoms with Crippen LogP contribution in [0.15, 0.2) is 30.5 Å². The molecule has 0 saturated carbocycles. The minimum Gasteiger partial charge on any atom is -0.337 e. The van der Waals surface area contributed by atoms with Crippen LogP contribution in [0.3, 0.4) is 0 Å². The third kappa shape index (κ3) is 3.39. The average molecular weight is 317 g/mol. The SMILES string of the molecule is C[C@@H](N)[C@H]1CCCN(C(=O)c2cnn(-c3ccc(F)cc3)n2)C1. The number of hydrogen-bond donors (Lipinski definition) is 1. The second kappa shape index (κ2) is 6.45. The quantitative estimate of drug-likeness (QED) is 0.933. The maximum absolute atomic E-state index is 13.0. The normalized spacial score (nSPS) is 19.6. The first kappa shape index (κ1) is 15.6. The fourth-order valence-electron chi connectivity index (χ4n) is 2.85. The summed E-state index contributed by atoms with van der Waals surface area (Å²) < 4.78 is 13.0. The summed E-state index contributed by atoms with van der Waals surface area (Å²) in [5.41, 5.74) is 6.86. The fraction of sp³-hybridized carbons (Fsp3) is 0.438.